The molecule has 2 aliphatic heterocycles. The van der Waals surface area contributed by atoms with Gasteiger partial charge in [-0.05, 0) is 44.1 Å². The minimum absolute atomic E-state index is 0.0132. The first-order chi connectivity index (χ1) is 12.4. The van der Waals surface area contributed by atoms with Gasteiger partial charge in [0.1, 0.15) is 29.0 Å². The van der Waals surface area contributed by atoms with Crippen molar-refractivity contribution in [3.05, 3.63) is 23.3 Å². The normalized spacial score (nSPS) is 21.5. The van der Waals surface area contributed by atoms with Gasteiger partial charge in [0, 0.05) is 18.5 Å². The highest BCUT2D eigenvalue weighted by molar-refractivity contribution is 6.44. The lowest BCUT2D eigenvalue weighted by molar-refractivity contribution is -0.0936. The number of carbonyl (C=O) groups is 1. The smallest absolute Gasteiger partial charge is 0.522 e. The summed E-state index contributed by atoms with van der Waals surface area (Å²) in [5.74, 6) is -0.00925. The van der Waals surface area contributed by atoms with Crippen LogP contribution in [0.25, 0.3) is 0 Å². The Kier molecular flexibility index (Phi) is 3.98. The van der Waals surface area contributed by atoms with Gasteiger partial charge in [-0.2, -0.15) is 0 Å². The third-order valence-electron chi connectivity index (χ3n) is 5.60. The summed E-state index contributed by atoms with van der Waals surface area (Å²) in [5, 5.41) is 31.3. The highest BCUT2D eigenvalue weighted by atomic mass is 16.5. The summed E-state index contributed by atoms with van der Waals surface area (Å²) >= 11 is 0. The van der Waals surface area contributed by atoms with Crippen LogP contribution in [0.4, 0.5) is 0 Å². The molecule has 1 aliphatic carbocycles. The van der Waals surface area contributed by atoms with Crippen molar-refractivity contribution < 1.29 is 29.5 Å². The van der Waals surface area contributed by atoms with Crippen molar-refractivity contribution in [2.24, 2.45) is 10.6 Å². The Labute approximate surface area is 151 Å². The van der Waals surface area contributed by atoms with Crippen LogP contribution in [0.15, 0.2) is 17.3 Å². The summed E-state index contributed by atoms with van der Waals surface area (Å²) in [6.45, 7) is 3.42. The van der Waals surface area contributed by atoms with Gasteiger partial charge in [-0.1, -0.05) is 11.2 Å². The topological polar surface area (TPSA) is 112 Å². The van der Waals surface area contributed by atoms with Crippen LogP contribution in [0.2, 0.25) is 6.32 Å². The van der Waals surface area contributed by atoms with Gasteiger partial charge in [-0.25, -0.2) is 4.79 Å². The van der Waals surface area contributed by atoms with Gasteiger partial charge >= 0.3 is 13.1 Å². The molecule has 0 aromatic heterocycles. The summed E-state index contributed by atoms with van der Waals surface area (Å²) in [5.41, 5.74) is 0.931. The molecule has 1 spiro atoms. The maximum absolute atomic E-state index is 11.7. The fourth-order valence-electron chi connectivity index (χ4n) is 4.20. The largest absolute Gasteiger partial charge is 0.535 e. The molecule has 0 radical (unpaired) electrons. The SMILES string of the molecule is CC(=NO)N1CC2(CC(Oc3ccc4c(c3C(=O)O)OB(O)CC4)C2)C1. The average Bonchev–Trinajstić information content (AvgIpc) is 2.54. The standard InChI is InChI=1S/C17H21BN2O6/c1-10(19-24)20-8-17(9-20)6-12(7-17)25-13-3-2-11-4-5-18(23)26-15(11)14(13)16(21)22/h2-3,12,23-24H,4-9H2,1H3,(H,21,22). The molecule has 8 nitrogen and oxygen atoms in total. The number of oxime groups is 1. The lowest BCUT2D eigenvalue weighted by Crippen LogP contribution is -2.65. The van der Waals surface area contributed by atoms with Crippen molar-refractivity contribution in [3.63, 3.8) is 0 Å². The molecule has 3 aliphatic rings. The summed E-state index contributed by atoms with van der Waals surface area (Å²) in [7, 11) is -0.986. The fourth-order valence-corrected chi connectivity index (χ4v) is 4.20. The Morgan fingerprint density at radius 2 is 2.15 bits per heavy atom. The van der Waals surface area contributed by atoms with Crippen LogP contribution < -0.4 is 9.39 Å². The van der Waals surface area contributed by atoms with E-state index in [1.54, 1.807) is 13.0 Å². The van der Waals surface area contributed by atoms with E-state index in [2.05, 4.69) is 5.16 Å². The predicted molar refractivity (Wildman–Crippen MR) is 93.1 cm³/mol. The number of amidine groups is 1. The third kappa shape index (κ3) is 2.76. The van der Waals surface area contributed by atoms with Crippen molar-refractivity contribution in [2.45, 2.75) is 38.6 Å². The van der Waals surface area contributed by atoms with Gasteiger partial charge in [-0.3, -0.25) is 0 Å². The van der Waals surface area contributed by atoms with E-state index in [0.29, 0.717) is 18.6 Å². The zero-order chi connectivity index (χ0) is 18.5. The molecule has 0 amide bonds. The summed E-state index contributed by atoms with van der Waals surface area (Å²) in [6.07, 6.45) is 2.65. The molecular formula is C17H21BN2O6. The second-order valence-electron chi connectivity index (χ2n) is 7.49. The van der Waals surface area contributed by atoms with Crippen LogP contribution in [-0.4, -0.2) is 58.4 Å². The number of hydrogen-bond acceptors (Lipinski definition) is 6. The molecule has 0 atom stereocenters. The van der Waals surface area contributed by atoms with Crippen molar-refractivity contribution in [2.75, 3.05) is 13.1 Å². The average molecular weight is 360 g/mol. The van der Waals surface area contributed by atoms with E-state index in [-0.39, 0.29) is 28.6 Å². The molecule has 26 heavy (non-hydrogen) atoms. The van der Waals surface area contributed by atoms with Gasteiger partial charge in [0.05, 0.1) is 0 Å². The number of hydrogen-bond donors (Lipinski definition) is 3. The van der Waals surface area contributed by atoms with E-state index in [0.717, 1.165) is 31.5 Å². The number of likely N-dealkylation sites (tertiary alicyclic amines) is 1. The number of carboxylic acid groups (broad SMARTS) is 1. The molecule has 0 unspecified atom stereocenters. The number of fused-ring (bicyclic) bond motifs is 1. The minimum Gasteiger partial charge on any atom is -0.535 e. The molecule has 1 aromatic rings. The van der Waals surface area contributed by atoms with Gasteiger partial charge in [-0.15, -0.1) is 0 Å². The molecule has 138 valence electrons. The summed E-state index contributed by atoms with van der Waals surface area (Å²) in [6, 6.07) is 3.49. The van der Waals surface area contributed by atoms with E-state index in [9.17, 15) is 14.9 Å². The maximum atomic E-state index is 11.7. The first-order valence-electron chi connectivity index (χ1n) is 8.75. The first-order valence-corrected chi connectivity index (χ1v) is 8.75. The summed E-state index contributed by atoms with van der Waals surface area (Å²) < 4.78 is 11.3. The summed E-state index contributed by atoms with van der Waals surface area (Å²) in [4.78, 5) is 13.8. The first kappa shape index (κ1) is 17.0. The molecule has 3 N–H and O–H groups in total. The van der Waals surface area contributed by atoms with Gasteiger partial charge in [0.2, 0.25) is 0 Å². The molecular weight excluding hydrogens is 339 g/mol. The molecule has 1 saturated heterocycles. The Bertz CT molecular complexity index is 769. The van der Waals surface area contributed by atoms with Crippen LogP contribution in [0, 0.1) is 5.41 Å². The Hall–Kier alpha value is -2.42. The van der Waals surface area contributed by atoms with Crippen molar-refractivity contribution in [1.82, 2.24) is 4.90 Å². The van der Waals surface area contributed by atoms with Crippen molar-refractivity contribution >= 4 is 18.9 Å². The molecule has 4 rings (SSSR count). The number of nitrogens with zero attached hydrogens (tertiary/aromatic N) is 2. The van der Waals surface area contributed by atoms with Crippen LogP contribution in [0.1, 0.15) is 35.7 Å². The van der Waals surface area contributed by atoms with Crippen LogP contribution in [-0.2, 0) is 6.42 Å². The van der Waals surface area contributed by atoms with E-state index < -0.39 is 13.1 Å². The predicted octanol–water partition coefficient (Wildman–Crippen LogP) is 1.45. The number of aromatic carboxylic acids is 1. The highest BCUT2D eigenvalue weighted by Crippen LogP contribution is 2.50. The number of benzene rings is 1. The van der Waals surface area contributed by atoms with Crippen LogP contribution >= 0.6 is 0 Å². The molecule has 2 heterocycles. The number of ether oxygens (including phenoxy) is 1. The van der Waals surface area contributed by atoms with Crippen LogP contribution in [0.5, 0.6) is 11.5 Å². The van der Waals surface area contributed by atoms with Gasteiger partial charge in [0.25, 0.3) is 0 Å². The zero-order valence-electron chi connectivity index (χ0n) is 14.5. The molecule has 1 aromatic carbocycles. The Balaban J connectivity index is 1.45. The van der Waals surface area contributed by atoms with Crippen molar-refractivity contribution in [3.8, 4) is 11.5 Å². The van der Waals surface area contributed by atoms with Gasteiger partial charge in [0.15, 0.2) is 0 Å². The molecule has 0 bridgehead atoms. The molecule has 1 saturated carbocycles. The van der Waals surface area contributed by atoms with Crippen molar-refractivity contribution in [1.29, 1.82) is 0 Å². The highest BCUT2D eigenvalue weighted by Gasteiger charge is 2.54. The quantitative estimate of drug-likeness (QED) is 0.246. The minimum atomic E-state index is -1.12. The van der Waals surface area contributed by atoms with E-state index in [1.807, 2.05) is 11.0 Å². The molecule has 9 heteroatoms. The zero-order valence-corrected chi connectivity index (χ0v) is 14.5. The monoisotopic (exact) mass is 360 g/mol. The maximum Gasteiger partial charge on any atom is 0.522 e. The fraction of sp³-hybridized carbons (Fsp3) is 0.529. The number of aryl methyl sites for hydroxylation is 1. The lowest BCUT2D eigenvalue weighted by Gasteiger charge is -2.58. The Morgan fingerprint density at radius 1 is 1.42 bits per heavy atom. The second-order valence-corrected chi connectivity index (χ2v) is 7.49. The third-order valence-corrected chi connectivity index (χ3v) is 5.60. The van der Waals surface area contributed by atoms with E-state index in [1.165, 1.54) is 0 Å². The van der Waals surface area contributed by atoms with Gasteiger partial charge < -0.3 is 29.6 Å². The number of rotatable bonds is 3. The lowest BCUT2D eigenvalue weighted by atomic mass is 9.61. The number of carboxylic acids is 1. The Morgan fingerprint density at radius 3 is 2.81 bits per heavy atom. The van der Waals surface area contributed by atoms with Crippen LogP contribution in [0.3, 0.4) is 0 Å². The second kappa shape index (κ2) is 6.08. The molecule has 2 fully saturated rings. The van der Waals surface area contributed by atoms with E-state index >= 15 is 0 Å². The van der Waals surface area contributed by atoms with E-state index in [4.69, 9.17) is 14.6 Å².